The smallest absolute Gasteiger partial charge is 0.119 e. The van der Waals surface area contributed by atoms with Crippen molar-refractivity contribution in [3.63, 3.8) is 0 Å². The summed E-state index contributed by atoms with van der Waals surface area (Å²) in [4.78, 5) is 4.35. The maximum atomic E-state index is 5.25. The summed E-state index contributed by atoms with van der Waals surface area (Å²) in [5.41, 5.74) is 4.40. The van der Waals surface area contributed by atoms with Crippen LogP contribution in [-0.4, -0.2) is 17.4 Å². The maximum Gasteiger partial charge on any atom is 0.119 e. The van der Waals surface area contributed by atoms with E-state index in [-0.39, 0.29) is 0 Å². The van der Waals surface area contributed by atoms with Gasteiger partial charge in [0.05, 0.1) is 18.3 Å². The van der Waals surface area contributed by atoms with Crippen molar-refractivity contribution in [2.75, 3.05) is 12.4 Å². The Hall–Kier alpha value is -0.870. The summed E-state index contributed by atoms with van der Waals surface area (Å²) in [6, 6.07) is 8.28. The van der Waals surface area contributed by atoms with Crippen LogP contribution in [0.2, 0.25) is 0 Å². The summed E-state index contributed by atoms with van der Waals surface area (Å²) in [7, 11) is 1.70. The predicted molar refractivity (Wildman–Crippen MR) is 79.8 cm³/mol. The number of hydrogen-bond donors (Lipinski definition) is 0. The van der Waals surface area contributed by atoms with Gasteiger partial charge in [-0.15, -0.1) is 11.3 Å². The Morgan fingerprint density at radius 2 is 2.28 bits per heavy atom. The van der Waals surface area contributed by atoms with Gasteiger partial charge in [0, 0.05) is 10.7 Å². The molecular formula is C14H16BrNOS. The summed E-state index contributed by atoms with van der Waals surface area (Å²) in [5, 5.41) is 3.11. The van der Waals surface area contributed by atoms with Gasteiger partial charge >= 0.3 is 0 Å². The van der Waals surface area contributed by atoms with Gasteiger partial charge in [-0.3, -0.25) is 0 Å². The molecule has 0 saturated carbocycles. The first kappa shape index (κ1) is 13.6. The number of benzene rings is 1. The van der Waals surface area contributed by atoms with Gasteiger partial charge in [-0.05, 0) is 36.5 Å². The average molecular weight is 326 g/mol. The number of ether oxygens (including phenoxy) is 1. The van der Waals surface area contributed by atoms with Crippen molar-refractivity contribution in [1.82, 2.24) is 4.98 Å². The van der Waals surface area contributed by atoms with Crippen molar-refractivity contribution < 1.29 is 4.74 Å². The average Bonchev–Trinajstić information content (AvgIpc) is 2.91. The van der Waals surface area contributed by atoms with Crippen LogP contribution in [0, 0.1) is 5.92 Å². The van der Waals surface area contributed by atoms with E-state index >= 15 is 0 Å². The first-order chi connectivity index (χ1) is 8.81. The molecule has 0 fully saturated rings. The molecule has 1 heterocycles. The number of nitrogens with zero attached hydrogens (tertiary/aromatic N) is 1. The lowest BCUT2D eigenvalue weighted by molar-refractivity contribution is 0.414. The second kappa shape index (κ2) is 6.90. The molecule has 2 nitrogen and oxygen atoms in total. The molecule has 0 aliphatic carbocycles. The SMILES string of the molecule is COc1cccc(CC(CBr)Cc2cscn2)c1. The predicted octanol–water partition coefficient (Wildman–Crippen LogP) is 3.95. The highest BCUT2D eigenvalue weighted by molar-refractivity contribution is 9.09. The van der Waals surface area contributed by atoms with Crippen molar-refractivity contribution in [3.05, 3.63) is 46.4 Å². The number of halogens is 1. The van der Waals surface area contributed by atoms with Gasteiger partial charge in [0.15, 0.2) is 0 Å². The molecule has 1 atom stereocenters. The molecular weight excluding hydrogens is 310 g/mol. The lowest BCUT2D eigenvalue weighted by Crippen LogP contribution is -2.10. The summed E-state index contributed by atoms with van der Waals surface area (Å²) in [5.74, 6) is 1.49. The Morgan fingerprint density at radius 1 is 1.39 bits per heavy atom. The zero-order chi connectivity index (χ0) is 12.8. The first-order valence-corrected chi connectivity index (χ1v) is 7.94. The van der Waals surface area contributed by atoms with Crippen LogP contribution < -0.4 is 4.74 Å². The maximum absolute atomic E-state index is 5.25. The van der Waals surface area contributed by atoms with E-state index in [1.165, 1.54) is 11.3 Å². The van der Waals surface area contributed by atoms with Crippen molar-refractivity contribution in [1.29, 1.82) is 0 Å². The van der Waals surface area contributed by atoms with Crippen LogP contribution >= 0.6 is 27.3 Å². The summed E-state index contributed by atoms with van der Waals surface area (Å²) >= 11 is 5.26. The zero-order valence-electron chi connectivity index (χ0n) is 10.3. The van der Waals surface area contributed by atoms with Crippen LogP contribution in [0.5, 0.6) is 5.75 Å². The van der Waals surface area contributed by atoms with Crippen LogP contribution in [0.3, 0.4) is 0 Å². The number of rotatable bonds is 6. The fraction of sp³-hybridized carbons (Fsp3) is 0.357. The highest BCUT2D eigenvalue weighted by Gasteiger charge is 2.11. The molecule has 96 valence electrons. The third kappa shape index (κ3) is 3.82. The molecule has 0 aliphatic rings. The van der Waals surface area contributed by atoms with Gasteiger partial charge < -0.3 is 4.74 Å². The van der Waals surface area contributed by atoms with Crippen LogP contribution in [0.25, 0.3) is 0 Å². The minimum Gasteiger partial charge on any atom is -0.497 e. The van der Waals surface area contributed by atoms with Crippen LogP contribution in [0.4, 0.5) is 0 Å². The molecule has 0 amide bonds. The molecule has 0 spiro atoms. The Kier molecular flexibility index (Phi) is 5.20. The third-order valence-electron chi connectivity index (χ3n) is 2.86. The van der Waals surface area contributed by atoms with Crippen molar-refractivity contribution in [2.45, 2.75) is 12.8 Å². The van der Waals surface area contributed by atoms with E-state index in [1.807, 2.05) is 17.6 Å². The van der Waals surface area contributed by atoms with E-state index in [0.717, 1.165) is 23.9 Å². The first-order valence-electron chi connectivity index (χ1n) is 5.87. The molecule has 4 heteroatoms. The van der Waals surface area contributed by atoms with Gasteiger partial charge in [0.1, 0.15) is 5.75 Å². The second-order valence-corrected chi connectivity index (χ2v) is 5.63. The highest BCUT2D eigenvalue weighted by atomic mass is 79.9. The fourth-order valence-electron chi connectivity index (χ4n) is 1.95. The van der Waals surface area contributed by atoms with Gasteiger partial charge in [0.2, 0.25) is 0 Å². The number of hydrogen-bond acceptors (Lipinski definition) is 3. The highest BCUT2D eigenvalue weighted by Crippen LogP contribution is 2.20. The largest absolute Gasteiger partial charge is 0.497 e. The molecule has 0 bridgehead atoms. The lowest BCUT2D eigenvalue weighted by atomic mass is 9.97. The summed E-state index contributed by atoms with van der Waals surface area (Å²) < 4.78 is 5.25. The molecule has 0 aliphatic heterocycles. The molecule has 0 radical (unpaired) electrons. The normalized spacial score (nSPS) is 12.3. The Morgan fingerprint density at radius 3 is 2.94 bits per heavy atom. The lowest BCUT2D eigenvalue weighted by Gasteiger charge is -2.13. The van der Waals surface area contributed by atoms with E-state index < -0.39 is 0 Å². The zero-order valence-corrected chi connectivity index (χ0v) is 12.7. The van der Waals surface area contributed by atoms with Crippen LogP contribution in [-0.2, 0) is 12.8 Å². The molecule has 1 aromatic heterocycles. The van der Waals surface area contributed by atoms with E-state index in [2.05, 4.69) is 38.4 Å². The standard InChI is InChI=1S/C14H16BrNOS/c1-17-14-4-2-3-11(7-14)5-12(8-15)6-13-9-18-10-16-13/h2-4,7,9-10,12H,5-6,8H2,1H3. The Labute approximate surface area is 120 Å². The molecule has 2 rings (SSSR count). The summed E-state index contributed by atoms with van der Waals surface area (Å²) in [6.45, 7) is 0. The van der Waals surface area contributed by atoms with Gasteiger partial charge in [-0.25, -0.2) is 4.98 Å². The van der Waals surface area contributed by atoms with E-state index in [0.29, 0.717) is 5.92 Å². The fourth-order valence-corrected chi connectivity index (χ4v) is 2.98. The molecule has 18 heavy (non-hydrogen) atoms. The Bertz CT molecular complexity index is 472. The summed E-state index contributed by atoms with van der Waals surface area (Å²) in [6.07, 6.45) is 2.06. The number of aromatic nitrogens is 1. The van der Waals surface area contributed by atoms with Gasteiger partial charge in [-0.1, -0.05) is 28.1 Å². The molecule has 1 unspecified atom stereocenters. The number of methoxy groups -OCH3 is 1. The molecule has 0 saturated heterocycles. The van der Waals surface area contributed by atoms with Gasteiger partial charge in [0.25, 0.3) is 0 Å². The van der Waals surface area contributed by atoms with E-state index in [1.54, 1.807) is 18.4 Å². The second-order valence-electron chi connectivity index (χ2n) is 4.26. The van der Waals surface area contributed by atoms with E-state index in [4.69, 9.17) is 4.74 Å². The van der Waals surface area contributed by atoms with Gasteiger partial charge in [-0.2, -0.15) is 0 Å². The number of alkyl halides is 1. The molecule has 2 aromatic rings. The van der Waals surface area contributed by atoms with Crippen molar-refractivity contribution in [2.24, 2.45) is 5.92 Å². The molecule has 0 N–H and O–H groups in total. The third-order valence-corrected chi connectivity index (χ3v) is 4.41. The van der Waals surface area contributed by atoms with E-state index in [9.17, 15) is 0 Å². The monoisotopic (exact) mass is 325 g/mol. The molecule has 1 aromatic carbocycles. The topological polar surface area (TPSA) is 22.1 Å². The van der Waals surface area contributed by atoms with Crippen molar-refractivity contribution >= 4 is 27.3 Å². The van der Waals surface area contributed by atoms with Crippen LogP contribution in [0.1, 0.15) is 11.3 Å². The van der Waals surface area contributed by atoms with Crippen LogP contribution in [0.15, 0.2) is 35.2 Å². The minimum absolute atomic E-state index is 0.569. The minimum atomic E-state index is 0.569. The Balaban J connectivity index is 2.00. The van der Waals surface area contributed by atoms with Crippen molar-refractivity contribution in [3.8, 4) is 5.75 Å². The number of thiazole rings is 1. The quantitative estimate of drug-likeness (QED) is 0.750.